The molecule has 2 rings (SSSR count). The molecule has 0 aliphatic rings. The first-order valence-corrected chi connectivity index (χ1v) is 5.13. The second kappa shape index (κ2) is 8.50. The lowest BCUT2D eigenvalue weighted by Gasteiger charge is -2.01. The van der Waals surface area contributed by atoms with Gasteiger partial charge in [0.05, 0.1) is 6.61 Å². The molecule has 83 valence electrons. The van der Waals surface area contributed by atoms with Crippen LogP contribution in [-0.2, 0) is 0 Å². The van der Waals surface area contributed by atoms with Crippen molar-refractivity contribution in [3.63, 3.8) is 0 Å². The van der Waals surface area contributed by atoms with E-state index in [-0.39, 0.29) is 6.61 Å². The third-order valence-corrected chi connectivity index (χ3v) is 1.71. The van der Waals surface area contributed by atoms with E-state index in [1.54, 1.807) is 0 Å². The molecule has 0 spiro atoms. The quantitative estimate of drug-likeness (QED) is 0.852. The smallest absolute Gasteiger partial charge is 0.119 e. The minimum Gasteiger partial charge on any atom is -0.491 e. The maximum absolute atomic E-state index is 8.40. The van der Waals surface area contributed by atoms with Gasteiger partial charge in [0.25, 0.3) is 0 Å². The van der Waals surface area contributed by atoms with Gasteiger partial charge in [-0.25, -0.2) is 0 Å². The molecule has 16 heavy (non-hydrogen) atoms. The second-order valence-electron chi connectivity index (χ2n) is 2.96. The van der Waals surface area contributed by atoms with Crippen LogP contribution >= 0.6 is 0 Å². The molecule has 2 nitrogen and oxygen atoms in total. The van der Waals surface area contributed by atoms with E-state index in [0.717, 1.165) is 5.75 Å². The first kappa shape index (κ1) is 12.3. The zero-order valence-electron chi connectivity index (χ0n) is 9.04. The Morgan fingerprint density at radius 1 is 0.938 bits per heavy atom. The summed E-state index contributed by atoms with van der Waals surface area (Å²) in [5, 5.41) is 8.40. The summed E-state index contributed by atoms with van der Waals surface area (Å²) < 4.78 is 5.11. The molecular formula is C14H15O2. The summed E-state index contributed by atoms with van der Waals surface area (Å²) in [6.07, 6.45) is 0. The molecule has 0 heterocycles. The van der Waals surface area contributed by atoms with Gasteiger partial charge < -0.3 is 9.84 Å². The van der Waals surface area contributed by atoms with E-state index in [1.807, 2.05) is 60.7 Å². The zero-order chi connectivity index (χ0) is 11.5. The van der Waals surface area contributed by atoms with E-state index in [0.29, 0.717) is 6.61 Å². The predicted octanol–water partition coefficient (Wildman–Crippen LogP) is 2.54. The van der Waals surface area contributed by atoms with E-state index < -0.39 is 0 Å². The van der Waals surface area contributed by atoms with E-state index in [2.05, 4.69) is 6.07 Å². The van der Waals surface area contributed by atoms with Gasteiger partial charge in [0.1, 0.15) is 12.4 Å². The van der Waals surface area contributed by atoms with E-state index in [1.165, 1.54) is 0 Å². The number of aliphatic hydroxyl groups is 1. The average molecular weight is 215 g/mol. The van der Waals surface area contributed by atoms with Gasteiger partial charge in [0.15, 0.2) is 0 Å². The predicted molar refractivity (Wildman–Crippen MR) is 64.3 cm³/mol. The minimum absolute atomic E-state index is 0.0644. The van der Waals surface area contributed by atoms with Crippen LogP contribution in [0.2, 0.25) is 0 Å². The number of ether oxygens (including phenoxy) is 1. The van der Waals surface area contributed by atoms with Crippen molar-refractivity contribution in [2.45, 2.75) is 0 Å². The molecule has 0 saturated heterocycles. The Kier molecular flexibility index (Phi) is 6.52. The van der Waals surface area contributed by atoms with E-state index in [4.69, 9.17) is 9.84 Å². The van der Waals surface area contributed by atoms with Crippen LogP contribution in [0.3, 0.4) is 0 Å². The van der Waals surface area contributed by atoms with Crippen LogP contribution in [0.1, 0.15) is 0 Å². The molecule has 0 aliphatic carbocycles. The summed E-state index contributed by atoms with van der Waals surface area (Å²) in [6.45, 7) is 0.429. The molecule has 0 fully saturated rings. The molecule has 0 amide bonds. The largest absolute Gasteiger partial charge is 0.491 e. The first-order chi connectivity index (χ1) is 7.93. The SMILES string of the molecule is OCCOc1ccccc1.[c]1ccccc1. The monoisotopic (exact) mass is 215 g/mol. The Morgan fingerprint density at radius 2 is 1.56 bits per heavy atom. The normalized spacial score (nSPS) is 8.81. The van der Waals surface area contributed by atoms with E-state index in [9.17, 15) is 0 Å². The molecule has 0 unspecified atom stereocenters. The number of hydrogen-bond acceptors (Lipinski definition) is 2. The molecule has 2 aromatic rings. The minimum atomic E-state index is 0.0644. The van der Waals surface area contributed by atoms with Crippen LogP contribution in [0.15, 0.2) is 60.7 Å². The zero-order valence-corrected chi connectivity index (χ0v) is 9.04. The van der Waals surface area contributed by atoms with Gasteiger partial charge in [-0.15, -0.1) is 0 Å². The van der Waals surface area contributed by atoms with Crippen molar-refractivity contribution in [3.8, 4) is 5.75 Å². The highest BCUT2D eigenvalue weighted by molar-refractivity contribution is 5.20. The first-order valence-electron chi connectivity index (χ1n) is 5.13. The fraction of sp³-hybridized carbons (Fsp3) is 0.143. The van der Waals surface area contributed by atoms with Crippen molar-refractivity contribution in [1.29, 1.82) is 0 Å². The Morgan fingerprint density at radius 3 is 2.00 bits per heavy atom. The highest BCUT2D eigenvalue weighted by Crippen LogP contribution is 2.06. The number of aliphatic hydroxyl groups excluding tert-OH is 1. The van der Waals surface area contributed by atoms with Crippen molar-refractivity contribution < 1.29 is 9.84 Å². The summed E-state index contributed by atoms with van der Waals surface area (Å²) in [6, 6.07) is 21.9. The molecule has 0 aliphatic heterocycles. The summed E-state index contributed by atoms with van der Waals surface area (Å²) in [7, 11) is 0. The van der Waals surface area contributed by atoms with Gasteiger partial charge in [-0.05, 0) is 18.2 Å². The molecule has 0 aromatic heterocycles. The Bertz CT molecular complexity index is 319. The number of rotatable bonds is 3. The van der Waals surface area contributed by atoms with Crippen LogP contribution in [0.4, 0.5) is 0 Å². The molecule has 1 radical (unpaired) electrons. The van der Waals surface area contributed by atoms with Gasteiger partial charge >= 0.3 is 0 Å². The highest BCUT2D eigenvalue weighted by atomic mass is 16.5. The maximum Gasteiger partial charge on any atom is 0.119 e. The highest BCUT2D eigenvalue weighted by Gasteiger charge is 1.86. The van der Waals surface area contributed by atoms with Crippen molar-refractivity contribution in [1.82, 2.24) is 0 Å². The van der Waals surface area contributed by atoms with Crippen molar-refractivity contribution in [2.24, 2.45) is 0 Å². The number of benzene rings is 2. The van der Waals surface area contributed by atoms with Crippen LogP contribution in [-0.4, -0.2) is 18.3 Å². The Hall–Kier alpha value is -1.80. The van der Waals surface area contributed by atoms with E-state index >= 15 is 0 Å². The van der Waals surface area contributed by atoms with Crippen LogP contribution in [0, 0.1) is 6.07 Å². The lowest BCUT2D eigenvalue weighted by Crippen LogP contribution is -2.00. The summed E-state index contributed by atoms with van der Waals surface area (Å²) in [5.74, 6) is 0.802. The van der Waals surface area contributed by atoms with Gasteiger partial charge in [-0.3, -0.25) is 0 Å². The number of para-hydroxylation sites is 1. The molecule has 2 aromatic carbocycles. The van der Waals surface area contributed by atoms with Gasteiger partial charge in [0, 0.05) is 0 Å². The third kappa shape index (κ3) is 5.83. The third-order valence-electron chi connectivity index (χ3n) is 1.71. The molecule has 0 atom stereocenters. The molecular weight excluding hydrogens is 200 g/mol. The maximum atomic E-state index is 8.40. The van der Waals surface area contributed by atoms with Gasteiger partial charge in [-0.1, -0.05) is 48.5 Å². The van der Waals surface area contributed by atoms with Gasteiger partial charge in [0.2, 0.25) is 0 Å². The number of hydrogen-bond donors (Lipinski definition) is 1. The van der Waals surface area contributed by atoms with Crippen LogP contribution in [0.25, 0.3) is 0 Å². The van der Waals surface area contributed by atoms with Crippen LogP contribution < -0.4 is 4.74 Å². The molecule has 2 heteroatoms. The molecule has 0 saturated carbocycles. The standard InChI is InChI=1S/C8H10O2.C6H5/c9-6-7-10-8-4-2-1-3-5-8;1-2-4-6-5-3-1/h1-5,9H,6-7H2;1-5H. The van der Waals surface area contributed by atoms with Crippen molar-refractivity contribution in [2.75, 3.05) is 13.2 Å². The van der Waals surface area contributed by atoms with Crippen molar-refractivity contribution >= 4 is 0 Å². The topological polar surface area (TPSA) is 29.5 Å². The van der Waals surface area contributed by atoms with Crippen LogP contribution in [0.5, 0.6) is 5.75 Å². The van der Waals surface area contributed by atoms with Gasteiger partial charge in [-0.2, -0.15) is 0 Å². The Labute approximate surface area is 96.1 Å². The fourth-order valence-corrected chi connectivity index (χ4v) is 1.02. The average Bonchev–Trinajstić information content (AvgIpc) is 2.40. The fourth-order valence-electron chi connectivity index (χ4n) is 1.02. The Balaban J connectivity index is 0.000000181. The molecule has 1 N–H and O–H groups in total. The summed E-state index contributed by atoms with van der Waals surface area (Å²) in [4.78, 5) is 0. The lowest BCUT2D eigenvalue weighted by atomic mass is 10.3. The van der Waals surface area contributed by atoms with Crippen molar-refractivity contribution in [3.05, 3.63) is 66.7 Å². The summed E-state index contributed by atoms with van der Waals surface area (Å²) >= 11 is 0. The molecule has 0 bridgehead atoms. The second-order valence-corrected chi connectivity index (χ2v) is 2.96. The lowest BCUT2D eigenvalue weighted by molar-refractivity contribution is 0.201. The summed E-state index contributed by atoms with van der Waals surface area (Å²) in [5.41, 5.74) is 0.